The molecule has 0 aliphatic heterocycles. The molecule has 0 aromatic rings. The van der Waals surface area contributed by atoms with Crippen LogP contribution in [0.4, 0.5) is 0 Å². The third kappa shape index (κ3) is 18.6. The van der Waals surface area contributed by atoms with Crippen molar-refractivity contribution in [1.29, 1.82) is 0 Å². The van der Waals surface area contributed by atoms with Gasteiger partial charge in [0.15, 0.2) is 0 Å². The molecule has 0 aromatic carbocycles. The molecule has 0 unspecified atom stereocenters. The minimum Gasteiger partial charge on any atom is 0 e. The molecule has 46 valence electrons. The van der Waals surface area contributed by atoms with Gasteiger partial charge < -0.3 is 0 Å². The van der Waals surface area contributed by atoms with E-state index in [0.29, 0.717) is 0 Å². The maximum Gasteiger partial charge on any atom is 0 e. The first-order valence-electron chi connectivity index (χ1n) is 0. The molecule has 0 saturated heterocycles. The Morgan fingerprint density at radius 2 is 0.400 bits per heavy atom. The first kappa shape index (κ1) is 39.5. The molecule has 0 bridgehead atoms. The maximum absolute atomic E-state index is 0. The molecular weight excluding hydrogens is 876 g/mol. The minimum absolute atomic E-state index is 0. The molecule has 0 amide bonds. The van der Waals surface area contributed by atoms with Crippen LogP contribution in [0.1, 0.15) is 0 Å². The van der Waals surface area contributed by atoms with Gasteiger partial charge in [-0.1, -0.05) is 0 Å². The predicted octanol–water partition coefficient (Wildman–Crippen LogP) is -0.0125. The van der Waals surface area contributed by atoms with E-state index < -0.39 is 0 Å². The third-order valence-corrected chi connectivity index (χ3v) is 0. The van der Waals surface area contributed by atoms with Gasteiger partial charge in [-0.25, -0.2) is 0 Å². The van der Waals surface area contributed by atoms with Gasteiger partial charge in [-0.15, -0.1) is 0 Å². The molecule has 0 nitrogen and oxygen atoms in total. The topological polar surface area (TPSA) is 0 Å². The van der Waals surface area contributed by atoms with E-state index in [0.717, 1.165) is 0 Å². The van der Waals surface area contributed by atoms with Crippen LogP contribution in [0, 0.1) is 0 Å². The zero-order valence-corrected chi connectivity index (χ0v) is 12.8. The Morgan fingerprint density at radius 3 is 0.400 bits per heavy atom. The molecule has 0 aliphatic rings. The Balaban J connectivity index is 0. The number of hydrogen-bond acceptors (Lipinski definition) is 0. The van der Waals surface area contributed by atoms with Gasteiger partial charge in [0, 0.05) is 105 Å². The van der Waals surface area contributed by atoms with E-state index >= 15 is 0 Å². The SMILES string of the molecule is [Mo].[Pt].[Pt].[Pt].[Pt]. The predicted molar refractivity (Wildman–Crippen MR) is 0 cm³/mol. The van der Waals surface area contributed by atoms with E-state index in [-0.39, 0.29) is 105 Å². The van der Waals surface area contributed by atoms with E-state index in [9.17, 15) is 0 Å². The van der Waals surface area contributed by atoms with Crippen molar-refractivity contribution in [3.05, 3.63) is 0 Å². The molecule has 0 fully saturated rings. The summed E-state index contributed by atoms with van der Waals surface area (Å²) in [5, 5.41) is 0. The molecule has 5 heavy (non-hydrogen) atoms. The van der Waals surface area contributed by atoms with E-state index in [4.69, 9.17) is 0 Å². The molecule has 0 N–H and O–H groups in total. The van der Waals surface area contributed by atoms with Gasteiger partial charge in [0.2, 0.25) is 0 Å². The summed E-state index contributed by atoms with van der Waals surface area (Å²) in [6.07, 6.45) is 0. The van der Waals surface area contributed by atoms with Crippen molar-refractivity contribution >= 4 is 0 Å². The van der Waals surface area contributed by atoms with Crippen molar-refractivity contribution in [1.82, 2.24) is 0 Å². The van der Waals surface area contributed by atoms with Crippen molar-refractivity contribution in [3.8, 4) is 0 Å². The van der Waals surface area contributed by atoms with E-state index in [1.807, 2.05) is 0 Å². The molecule has 0 heterocycles. The summed E-state index contributed by atoms with van der Waals surface area (Å²) in [4.78, 5) is 0. The zero-order valence-electron chi connectivity index (χ0n) is 1.67. The Bertz CT molecular complexity index is 3.61. The Hall–Kier alpha value is 3.44. The molecule has 0 spiro atoms. The van der Waals surface area contributed by atoms with Gasteiger partial charge in [-0.05, 0) is 0 Å². The minimum atomic E-state index is 0. The van der Waals surface area contributed by atoms with Crippen LogP contribution in [-0.2, 0) is 105 Å². The van der Waals surface area contributed by atoms with Crippen LogP contribution in [0.25, 0.3) is 0 Å². The van der Waals surface area contributed by atoms with Crippen molar-refractivity contribution in [2.24, 2.45) is 0 Å². The second-order valence-corrected chi connectivity index (χ2v) is 0. The Labute approximate surface area is 103 Å². The smallest absolute Gasteiger partial charge is 0 e. The molecular formula is MoPt4. The number of hydrogen-bond donors (Lipinski definition) is 0. The molecule has 0 saturated carbocycles. The first-order chi connectivity index (χ1) is 0. The average Bonchev–Trinajstić information content (AvgIpc) is 0. The van der Waals surface area contributed by atoms with Gasteiger partial charge in [-0.2, -0.15) is 0 Å². The van der Waals surface area contributed by atoms with Gasteiger partial charge >= 0.3 is 0 Å². The summed E-state index contributed by atoms with van der Waals surface area (Å²) < 4.78 is 0. The van der Waals surface area contributed by atoms with Crippen LogP contribution in [0.2, 0.25) is 0 Å². The van der Waals surface area contributed by atoms with Crippen LogP contribution in [0.5, 0.6) is 0 Å². The largest absolute Gasteiger partial charge is 0 e. The Kier molecular flexibility index (Phi) is 206. The average molecular weight is 876 g/mol. The quantitative estimate of drug-likeness (QED) is 0.301. The summed E-state index contributed by atoms with van der Waals surface area (Å²) >= 11 is 0. The van der Waals surface area contributed by atoms with Gasteiger partial charge in [0.05, 0.1) is 0 Å². The Morgan fingerprint density at radius 1 is 0.400 bits per heavy atom. The van der Waals surface area contributed by atoms with Crippen LogP contribution in [-0.4, -0.2) is 0 Å². The van der Waals surface area contributed by atoms with Gasteiger partial charge in [0.1, 0.15) is 0 Å². The number of rotatable bonds is 0. The second kappa shape index (κ2) is 26.1. The van der Waals surface area contributed by atoms with Crippen molar-refractivity contribution < 1.29 is 105 Å². The summed E-state index contributed by atoms with van der Waals surface area (Å²) in [6, 6.07) is 0. The fraction of sp³-hybridized carbons (Fsp3) is 0. The molecule has 0 radical (unpaired) electrons. The second-order valence-electron chi connectivity index (χ2n) is 0. The van der Waals surface area contributed by atoms with Gasteiger partial charge in [0.25, 0.3) is 0 Å². The molecule has 0 rings (SSSR count). The molecule has 0 aliphatic carbocycles. The monoisotopic (exact) mass is 878 g/mol. The van der Waals surface area contributed by atoms with Crippen LogP contribution in [0.3, 0.4) is 0 Å². The van der Waals surface area contributed by atoms with Crippen molar-refractivity contribution in [2.75, 3.05) is 0 Å². The molecule has 0 aromatic heterocycles. The van der Waals surface area contributed by atoms with E-state index in [1.54, 1.807) is 0 Å². The fourth-order valence-electron chi connectivity index (χ4n) is 0. The van der Waals surface area contributed by atoms with E-state index in [2.05, 4.69) is 0 Å². The summed E-state index contributed by atoms with van der Waals surface area (Å²) in [6.45, 7) is 0. The maximum atomic E-state index is 0. The third-order valence-electron chi connectivity index (χ3n) is 0. The van der Waals surface area contributed by atoms with Crippen molar-refractivity contribution in [2.45, 2.75) is 0 Å². The van der Waals surface area contributed by atoms with Gasteiger partial charge in [-0.3, -0.25) is 0 Å². The van der Waals surface area contributed by atoms with Crippen LogP contribution < -0.4 is 0 Å². The normalized spacial score (nSPS) is 0. The molecule has 5 heteroatoms. The summed E-state index contributed by atoms with van der Waals surface area (Å²) in [5.74, 6) is 0. The zero-order chi connectivity index (χ0) is 0. The molecule has 0 atom stereocenters. The fourth-order valence-corrected chi connectivity index (χ4v) is 0. The van der Waals surface area contributed by atoms with E-state index in [1.165, 1.54) is 0 Å². The van der Waals surface area contributed by atoms with Crippen molar-refractivity contribution in [3.63, 3.8) is 0 Å². The van der Waals surface area contributed by atoms with Crippen LogP contribution in [0.15, 0.2) is 0 Å². The first-order valence-corrected chi connectivity index (χ1v) is 0. The summed E-state index contributed by atoms with van der Waals surface area (Å²) in [7, 11) is 0. The van der Waals surface area contributed by atoms with Crippen LogP contribution >= 0.6 is 0 Å². The standard InChI is InChI=1S/Mo.4Pt. The summed E-state index contributed by atoms with van der Waals surface area (Å²) in [5.41, 5.74) is 0.